The van der Waals surface area contributed by atoms with Crippen molar-refractivity contribution >= 4 is 29.3 Å². The van der Waals surface area contributed by atoms with Crippen molar-refractivity contribution in [1.82, 2.24) is 25.0 Å². The summed E-state index contributed by atoms with van der Waals surface area (Å²) in [5, 5.41) is 5.13. The third-order valence-corrected chi connectivity index (χ3v) is 16.7. The number of fused-ring (bicyclic) bond motifs is 2. The van der Waals surface area contributed by atoms with E-state index in [4.69, 9.17) is 9.47 Å². The number of piperidine rings is 2. The number of benzene rings is 2. The first-order chi connectivity index (χ1) is 32.0. The maximum absolute atomic E-state index is 13.5. The van der Waals surface area contributed by atoms with Crippen molar-refractivity contribution in [3.63, 3.8) is 0 Å². The van der Waals surface area contributed by atoms with Gasteiger partial charge in [0.05, 0.1) is 14.2 Å². The molecule has 354 valence electrons. The molecule has 6 aliphatic rings. The van der Waals surface area contributed by atoms with Gasteiger partial charge in [-0.25, -0.2) is 0 Å². The Bertz CT molecular complexity index is 2370. The number of aryl methyl sites for hydroxylation is 1. The second-order valence-corrected chi connectivity index (χ2v) is 20.4. The van der Waals surface area contributed by atoms with Gasteiger partial charge in [-0.2, -0.15) is 0 Å². The van der Waals surface area contributed by atoms with E-state index in [0.29, 0.717) is 49.1 Å². The third-order valence-electron chi connectivity index (χ3n) is 16.7. The topological polar surface area (TPSA) is 143 Å². The van der Waals surface area contributed by atoms with Crippen LogP contribution in [0.2, 0.25) is 0 Å². The summed E-state index contributed by atoms with van der Waals surface area (Å²) in [6.45, 7) is 5.77. The van der Waals surface area contributed by atoms with Gasteiger partial charge in [-0.05, 0) is 161 Å². The summed E-state index contributed by atoms with van der Waals surface area (Å²) >= 11 is 0. The van der Waals surface area contributed by atoms with Gasteiger partial charge in [-0.3, -0.25) is 29.3 Å². The van der Waals surface area contributed by atoms with Gasteiger partial charge in [0.1, 0.15) is 17.5 Å². The molecule has 0 radical (unpaired) electrons. The van der Waals surface area contributed by atoms with Gasteiger partial charge < -0.3 is 34.1 Å². The number of rotatable bonds is 13. The van der Waals surface area contributed by atoms with Crippen LogP contribution in [0.5, 0.6) is 11.5 Å². The zero-order valence-corrected chi connectivity index (χ0v) is 39.7. The number of imide groups is 1. The number of aromatic nitrogens is 1. The molecule has 13 nitrogen and oxygen atoms in total. The summed E-state index contributed by atoms with van der Waals surface area (Å²) in [5.41, 5.74) is 8.24. The average molecular weight is 903 g/mol. The van der Waals surface area contributed by atoms with Gasteiger partial charge in [0.2, 0.25) is 17.7 Å². The van der Waals surface area contributed by atoms with Gasteiger partial charge in [-0.15, -0.1) is 0 Å². The molecule has 3 aromatic rings. The van der Waals surface area contributed by atoms with Crippen molar-refractivity contribution < 1.29 is 28.7 Å². The molecule has 3 unspecified atom stereocenters. The fourth-order valence-electron chi connectivity index (χ4n) is 12.6. The number of pyridine rings is 1. The molecular weight excluding hydrogens is 833 g/mol. The Hall–Kier alpha value is -5.17. The Labute approximate surface area is 389 Å². The van der Waals surface area contributed by atoms with Gasteiger partial charge in [0.15, 0.2) is 0 Å². The first-order valence-corrected chi connectivity index (χ1v) is 24.9. The number of likely N-dealkylation sites (tertiary alicyclic amines) is 1. The molecule has 3 saturated heterocycles. The lowest BCUT2D eigenvalue weighted by atomic mass is 9.57. The van der Waals surface area contributed by atoms with E-state index in [1.807, 2.05) is 25.4 Å². The summed E-state index contributed by atoms with van der Waals surface area (Å²) in [4.78, 5) is 70.1. The molecule has 4 amide bonds. The number of anilines is 1. The number of nitrogens with zero attached hydrogens (tertiary/aromatic N) is 4. The molecule has 2 N–H and O–H groups in total. The molecule has 1 saturated carbocycles. The van der Waals surface area contributed by atoms with E-state index in [1.165, 1.54) is 44.9 Å². The molecule has 5 heterocycles. The van der Waals surface area contributed by atoms with E-state index in [1.54, 1.807) is 30.7 Å². The van der Waals surface area contributed by atoms with Gasteiger partial charge >= 0.3 is 0 Å². The second kappa shape index (κ2) is 19.6. The van der Waals surface area contributed by atoms with Crippen LogP contribution in [0.25, 0.3) is 11.1 Å². The van der Waals surface area contributed by atoms with Crippen molar-refractivity contribution in [3.05, 3.63) is 74.7 Å². The molecule has 2 aliphatic carbocycles. The van der Waals surface area contributed by atoms with Crippen LogP contribution < -0.4 is 30.6 Å². The lowest BCUT2D eigenvalue weighted by Gasteiger charge is -2.52. The van der Waals surface area contributed by atoms with Crippen LogP contribution in [0.15, 0.2) is 41.3 Å². The van der Waals surface area contributed by atoms with Crippen LogP contribution >= 0.6 is 0 Å². The van der Waals surface area contributed by atoms with Crippen molar-refractivity contribution in [1.29, 1.82) is 0 Å². The SMILES string of the molecule is CNC(=O)CCC1CCc2c(-c3cc(OC)c(CC4CCCCN(CCC5CCN(c6ccc7c(c6)C(=O)N(C6CCC(=O)NC6=O)C7)CC5)CC45CCC5)c(OC)c3)cn(C)c(=O)c2C1. The van der Waals surface area contributed by atoms with Crippen LogP contribution in [0, 0.1) is 23.2 Å². The highest BCUT2D eigenvalue weighted by atomic mass is 16.5. The lowest BCUT2D eigenvalue weighted by Crippen LogP contribution is -2.52. The zero-order chi connectivity index (χ0) is 46.1. The number of ether oxygens (including phenoxy) is 2. The van der Waals surface area contributed by atoms with Crippen LogP contribution in [0.1, 0.15) is 123 Å². The van der Waals surface area contributed by atoms with Crippen molar-refractivity contribution in [3.8, 4) is 22.6 Å². The first-order valence-electron chi connectivity index (χ1n) is 24.9. The molecule has 0 bridgehead atoms. The van der Waals surface area contributed by atoms with Crippen LogP contribution in [-0.4, -0.2) is 98.0 Å². The monoisotopic (exact) mass is 903 g/mol. The minimum absolute atomic E-state index is 0.0460. The number of amides is 4. The minimum Gasteiger partial charge on any atom is -0.496 e. The number of hydrogen-bond acceptors (Lipinski definition) is 9. The van der Waals surface area contributed by atoms with Crippen molar-refractivity contribution in [2.75, 3.05) is 58.9 Å². The number of carbonyl (C=O) groups is 4. The number of hydrogen-bond donors (Lipinski definition) is 2. The summed E-state index contributed by atoms with van der Waals surface area (Å²) in [6, 6.07) is 9.94. The average Bonchev–Trinajstić information content (AvgIpc) is 3.64. The third kappa shape index (κ3) is 9.25. The van der Waals surface area contributed by atoms with Gasteiger partial charge in [-0.1, -0.05) is 18.9 Å². The van der Waals surface area contributed by atoms with Crippen molar-refractivity contribution in [2.24, 2.45) is 30.2 Å². The highest BCUT2D eigenvalue weighted by molar-refractivity contribution is 6.05. The smallest absolute Gasteiger partial charge is 0.255 e. The van der Waals surface area contributed by atoms with Crippen LogP contribution in [-0.2, 0) is 47.2 Å². The molecule has 1 aromatic heterocycles. The fourth-order valence-corrected chi connectivity index (χ4v) is 12.6. The van der Waals surface area contributed by atoms with Crippen molar-refractivity contribution in [2.45, 2.75) is 122 Å². The lowest BCUT2D eigenvalue weighted by molar-refractivity contribution is -0.137. The first kappa shape index (κ1) is 46.0. The Morgan fingerprint density at radius 2 is 1.62 bits per heavy atom. The molecule has 4 aliphatic heterocycles. The number of carbonyl (C=O) groups excluding carboxylic acids is 4. The zero-order valence-electron chi connectivity index (χ0n) is 39.7. The Morgan fingerprint density at radius 3 is 2.32 bits per heavy atom. The Morgan fingerprint density at radius 1 is 0.848 bits per heavy atom. The van der Waals surface area contributed by atoms with E-state index in [2.05, 4.69) is 38.6 Å². The molecular formula is C53H70N6O7. The summed E-state index contributed by atoms with van der Waals surface area (Å²) in [5.74, 6) is 2.49. The number of methoxy groups -OCH3 is 2. The quantitative estimate of drug-likeness (QED) is 0.182. The predicted octanol–water partition coefficient (Wildman–Crippen LogP) is 6.58. The second-order valence-electron chi connectivity index (χ2n) is 20.4. The molecule has 1 spiro atoms. The standard InChI is InChI=1S/C53H70N6O7/c1-54-48(60)15-10-35-9-13-40-42(26-35)51(63)56(2)32-44(40)37-27-46(65-3)43(47(28-37)66-4)29-38-8-5-6-22-57(33-53(38)20-7-21-53)23-17-34-18-24-58(25-19-34)39-12-11-36-31-59(52(64)41(36)30-39)45-14-16-49(61)55-50(45)62/h11-12,27-28,30,32,34-35,38,45H,5-10,13-26,29,31,33H2,1-4H3,(H,54,60)(H,55,61,62). The van der Waals surface area contributed by atoms with E-state index in [9.17, 15) is 24.0 Å². The molecule has 66 heavy (non-hydrogen) atoms. The molecule has 4 fully saturated rings. The largest absolute Gasteiger partial charge is 0.496 e. The molecule has 2 aromatic carbocycles. The Balaban J connectivity index is 0.834. The van der Waals surface area contributed by atoms with Gasteiger partial charge in [0, 0.05) is 87.3 Å². The normalized spacial score (nSPS) is 23.4. The Kier molecular flexibility index (Phi) is 13.6. The number of nitrogens with one attached hydrogen (secondary N) is 2. The van der Waals surface area contributed by atoms with E-state index < -0.39 is 6.04 Å². The summed E-state index contributed by atoms with van der Waals surface area (Å²) < 4.78 is 14.2. The molecule has 13 heteroatoms. The van der Waals surface area contributed by atoms with Crippen LogP contribution in [0.4, 0.5) is 5.69 Å². The predicted molar refractivity (Wildman–Crippen MR) is 255 cm³/mol. The molecule has 9 rings (SSSR count). The fraction of sp³-hybridized carbons (Fsp3) is 0.604. The summed E-state index contributed by atoms with van der Waals surface area (Å²) in [7, 11) is 7.05. The maximum Gasteiger partial charge on any atom is 0.255 e. The highest BCUT2D eigenvalue weighted by Gasteiger charge is 2.46. The maximum atomic E-state index is 13.5. The molecule has 3 atom stereocenters. The van der Waals surface area contributed by atoms with E-state index in [0.717, 1.165) is 122 Å². The summed E-state index contributed by atoms with van der Waals surface area (Å²) in [6.07, 6.45) is 18.1. The van der Waals surface area contributed by atoms with E-state index >= 15 is 0 Å². The highest BCUT2D eigenvalue weighted by Crippen LogP contribution is 2.53. The van der Waals surface area contributed by atoms with Gasteiger partial charge in [0.25, 0.3) is 11.5 Å². The van der Waals surface area contributed by atoms with E-state index in [-0.39, 0.29) is 41.0 Å². The minimum atomic E-state index is -0.596. The van der Waals surface area contributed by atoms with Crippen LogP contribution in [0.3, 0.4) is 0 Å².